The van der Waals surface area contributed by atoms with E-state index >= 15 is 0 Å². The second kappa shape index (κ2) is 5.74. The van der Waals surface area contributed by atoms with Crippen LogP contribution in [0.5, 0.6) is 0 Å². The third-order valence-electron chi connectivity index (χ3n) is 3.32. The summed E-state index contributed by atoms with van der Waals surface area (Å²) in [5.41, 5.74) is 2.23. The van der Waals surface area contributed by atoms with Gasteiger partial charge in [0.2, 0.25) is 0 Å². The number of methoxy groups -OCH3 is 1. The van der Waals surface area contributed by atoms with Gasteiger partial charge in [0.25, 0.3) is 0 Å². The Bertz CT molecular complexity index is 501. The molecule has 1 fully saturated rings. The van der Waals surface area contributed by atoms with E-state index in [1.807, 2.05) is 13.0 Å². The first-order chi connectivity index (χ1) is 9.06. The maximum Gasteiger partial charge on any atom is 0.338 e. The maximum atomic E-state index is 11.8. The van der Waals surface area contributed by atoms with Gasteiger partial charge in [0.1, 0.15) is 0 Å². The van der Waals surface area contributed by atoms with E-state index in [1.165, 1.54) is 7.11 Å². The number of ether oxygens (including phenoxy) is 1. The van der Waals surface area contributed by atoms with Gasteiger partial charge in [-0.2, -0.15) is 0 Å². The summed E-state index contributed by atoms with van der Waals surface area (Å²) in [6, 6.07) is 0. The minimum Gasteiger partial charge on any atom is -0.465 e. The Kier molecular flexibility index (Phi) is 4.24. The second-order valence-electron chi connectivity index (χ2n) is 4.74. The fraction of sp³-hybridized carbons (Fsp3) is 0.500. The summed E-state index contributed by atoms with van der Waals surface area (Å²) in [5.74, 6) is 0.167. The zero-order valence-electron chi connectivity index (χ0n) is 11.3. The summed E-state index contributed by atoms with van der Waals surface area (Å²) in [6.45, 7) is 1.99. The molecule has 2 aliphatic rings. The molecule has 0 bridgehead atoms. The highest BCUT2D eigenvalue weighted by molar-refractivity contribution is 8.13. The van der Waals surface area contributed by atoms with Gasteiger partial charge in [-0.25, -0.2) is 9.79 Å². The van der Waals surface area contributed by atoms with Crippen LogP contribution < -0.4 is 0 Å². The highest BCUT2D eigenvalue weighted by Crippen LogP contribution is 2.42. The average Bonchev–Trinajstić information content (AvgIpc) is 3.23. The smallest absolute Gasteiger partial charge is 0.338 e. The van der Waals surface area contributed by atoms with Crippen LogP contribution in [-0.2, 0) is 9.53 Å². The Morgan fingerprint density at radius 2 is 2.11 bits per heavy atom. The Balaban J connectivity index is 2.35. The van der Waals surface area contributed by atoms with E-state index in [1.54, 1.807) is 12.3 Å². The van der Waals surface area contributed by atoms with E-state index in [-0.39, 0.29) is 17.1 Å². The first-order valence-corrected chi connectivity index (χ1v) is 7.48. The molecule has 0 aromatic carbocycles. The van der Waals surface area contributed by atoms with Crippen LogP contribution in [0.1, 0.15) is 19.8 Å². The summed E-state index contributed by atoms with van der Waals surface area (Å²) < 4.78 is 4.82. The Morgan fingerprint density at radius 3 is 2.63 bits per heavy atom. The van der Waals surface area contributed by atoms with Gasteiger partial charge in [-0.1, -0.05) is 24.8 Å². The molecule has 1 saturated carbocycles. The van der Waals surface area contributed by atoms with Crippen LogP contribution in [0.2, 0.25) is 0 Å². The van der Waals surface area contributed by atoms with Crippen molar-refractivity contribution in [3.05, 3.63) is 23.3 Å². The lowest BCUT2D eigenvalue weighted by Crippen LogP contribution is -2.20. The molecule has 4 nitrogen and oxygen atoms in total. The molecule has 0 heterocycles. The predicted molar refractivity (Wildman–Crippen MR) is 76.4 cm³/mol. The predicted octanol–water partition coefficient (Wildman–Crippen LogP) is 3.00. The number of rotatable bonds is 2. The molecule has 0 radical (unpaired) electrons. The lowest BCUT2D eigenvalue weighted by Gasteiger charge is -2.19. The van der Waals surface area contributed by atoms with Crippen molar-refractivity contribution in [3.8, 4) is 0 Å². The van der Waals surface area contributed by atoms with Crippen molar-refractivity contribution < 1.29 is 14.3 Å². The number of thioether (sulfide) groups is 1. The van der Waals surface area contributed by atoms with E-state index < -0.39 is 0 Å². The Hall–Kier alpha value is -1.36. The summed E-state index contributed by atoms with van der Waals surface area (Å²) >= 11 is 1.06. The van der Waals surface area contributed by atoms with Gasteiger partial charge in [0, 0.05) is 5.92 Å². The second-order valence-corrected chi connectivity index (χ2v) is 5.50. The number of carbonyl (C=O) groups excluding carboxylic acids is 2. The first-order valence-electron chi connectivity index (χ1n) is 6.25. The molecule has 0 aromatic heterocycles. The molecule has 1 amide bonds. The van der Waals surface area contributed by atoms with Gasteiger partial charge in [-0.05, 0) is 36.7 Å². The number of allylic oxidation sites excluding steroid dienone is 2. The summed E-state index contributed by atoms with van der Waals surface area (Å²) in [5, 5.41) is -0.245. The third-order valence-corrected chi connectivity index (χ3v) is 3.76. The van der Waals surface area contributed by atoms with Gasteiger partial charge in [-0.3, -0.25) is 4.79 Å². The van der Waals surface area contributed by atoms with Crippen LogP contribution >= 0.6 is 11.8 Å². The highest BCUT2D eigenvalue weighted by atomic mass is 32.2. The van der Waals surface area contributed by atoms with Gasteiger partial charge >= 0.3 is 11.2 Å². The maximum absolute atomic E-state index is 11.8. The topological polar surface area (TPSA) is 55.7 Å². The zero-order chi connectivity index (χ0) is 14.0. The van der Waals surface area contributed by atoms with E-state index in [2.05, 4.69) is 4.99 Å². The number of esters is 1. The lowest BCUT2D eigenvalue weighted by molar-refractivity contribution is -0.135. The van der Waals surface area contributed by atoms with Crippen molar-refractivity contribution in [2.75, 3.05) is 13.4 Å². The molecule has 0 saturated heterocycles. The fourth-order valence-electron chi connectivity index (χ4n) is 2.13. The van der Waals surface area contributed by atoms with Crippen LogP contribution in [0, 0.1) is 11.8 Å². The van der Waals surface area contributed by atoms with Crippen molar-refractivity contribution in [2.24, 2.45) is 16.8 Å². The summed E-state index contributed by atoms with van der Waals surface area (Å²) in [7, 11) is 1.37. The normalized spacial score (nSPS) is 24.8. The van der Waals surface area contributed by atoms with Gasteiger partial charge in [0.15, 0.2) is 0 Å². The summed E-state index contributed by atoms with van der Waals surface area (Å²) in [6.07, 6.45) is 7.66. The molecule has 5 heteroatoms. The molecule has 0 N–H and O–H groups in total. The van der Waals surface area contributed by atoms with E-state index in [0.29, 0.717) is 17.2 Å². The van der Waals surface area contributed by atoms with E-state index in [4.69, 9.17) is 4.74 Å². The minimum absolute atomic E-state index is 0.0557. The number of nitrogens with zero attached hydrogens (tertiary/aromatic N) is 1. The van der Waals surface area contributed by atoms with E-state index in [0.717, 1.165) is 30.2 Å². The van der Waals surface area contributed by atoms with Crippen molar-refractivity contribution in [1.29, 1.82) is 0 Å². The number of amides is 1. The molecular formula is C14H17NO3S. The Morgan fingerprint density at radius 1 is 1.42 bits per heavy atom. The molecule has 2 aliphatic carbocycles. The number of hydrogen-bond acceptors (Lipinski definition) is 4. The summed E-state index contributed by atoms with van der Waals surface area (Å²) in [4.78, 5) is 27.3. The van der Waals surface area contributed by atoms with Crippen molar-refractivity contribution >= 4 is 28.7 Å². The zero-order valence-corrected chi connectivity index (χ0v) is 12.1. The van der Waals surface area contributed by atoms with Crippen LogP contribution in [0.15, 0.2) is 28.3 Å². The van der Waals surface area contributed by atoms with Gasteiger partial charge < -0.3 is 4.74 Å². The number of carbonyl (C=O) groups is 2. The van der Waals surface area contributed by atoms with Gasteiger partial charge in [0.05, 0.1) is 18.4 Å². The number of hydrogen-bond donors (Lipinski definition) is 0. The fourth-order valence-corrected chi connectivity index (χ4v) is 2.33. The average molecular weight is 279 g/mol. The van der Waals surface area contributed by atoms with Crippen LogP contribution in [0.4, 0.5) is 4.79 Å². The monoisotopic (exact) mass is 279 g/mol. The van der Waals surface area contributed by atoms with E-state index in [9.17, 15) is 9.59 Å². The molecule has 1 atom stereocenters. The number of aliphatic imine (C=N–C) groups is 1. The van der Waals surface area contributed by atoms with Crippen molar-refractivity contribution in [2.45, 2.75) is 19.8 Å². The van der Waals surface area contributed by atoms with Crippen molar-refractivity contribution in [1.82, 2.24) is 0 Å². The Labute approximate surface area is 117 Å². The quantitative estimate of drug-likeness (QED) is 0.729. The minimum atomic E-state index is -0.352. The SMILES string of the molecule is COC(=O)C1=CC(=NC(=O)SC)C(C)C=C1C1CC1. The molecule has 19 heavy (non-hydrogen) atoms. The highest BCUT2D eigenvalue weighted by Gasteiger charge is 2.34. The third kappa shape index (κ3) is 3.15. The lowest BCUT2D eigenvalue weighted by atomic mass is 9.87. The molecule has 1 unspecified atom stereocenters. The standard InChI is InChI=1S/C14H17NO3S/c1-8-6-10(9-4-5-9)11(13(16)18-2)7-12(8)15-14(17)19-3/h6-9H,4-5H2,1-3H3. The molecular weight excluding hydrogens is 262 g/mol. The molecule has 0 aliphatic heterocycles. The molecule has 0 aromatic rings. The first kappa shape index (κ1) is 14.1. The van der Waals surface area contributed by atoms with Crippen molar-refractivity contribution in [3.63, 3.8) is 0 Å². The van der Waals surface area contributed by atoms with Crippen LogP contribution in [0.25, 0.3) is 0 Å². The molecule has 102 valence electrons. The largest absolute Gasteiger partial charge is 0.465 e. The van der Waals surface area contributed by atoms with Crippen LogP contribution in [0.3, 0.4) is 0 Å². The molecule has 0 spiro atoms. The van der Waals surface area contributed by atoms with Gasteiger partial charge in [-0.15, -0.1) is 0 Å². The van der Waals surface area contributed by atoms with Crippen LogP contribution in [-0.4, -0.2) is 30.3 Å². The molecule has 2 rings (SSSR count).